The topological polar surface area (TPSA) is 54.0 Å². The first kappa shape index (κ1) is 17.1. The summed E-state index contributed by atoms with van der Waals surface area (Å²) >= 11 is 0. The zero-order valence-electron chi connectivity index (χ0n) is 13.0. The lowest BCUT2D eigenvalue weighted by atomic mass is 10.2. The Labute approximate surface area is 126 Å². The lowest BCUT2D eigenvalue weighted by Gasteiger charge is -2.17. The summed E-state index contributed by atoms with van der Waals surface area (Å²) in [5.41, 5.74) is 0. The third kappa shape index (κ3) is 5.53. The van der Waals surface area contributed by atoms with Crippen LogP contribution in [0, 0.1) is 0 Å². The van der Waals surface area contributed by atoms with Crippen molar-refractivity contribution in [3.05, 3.63) is 12.1 Å². The van der Waals surface area contributed by atoms with E-state index in [1.54, 1.807) is 12.1 Å². The molecule has 21 heavy (non-hydrogen) atoms. The Morgan fingerprint density at radius 1 is 0.857 bits per heavy atom. The number of ether oxygens (including phenoxy) is 4. The summed E-state index contributed by atoms with van der Waals surface area (Å²) in [5, 5.41) is 0. The fraction of sp³-hybridized carbons (Fsp3) is 0.562. The second-order valence-corrected chi connectivity index (χ2v) is 4.51. The van der Waals surface area contributed by atoms with Crippen LogP contribution in [0.5, 0.6) is 23.0 Å². The van der Waals surface area contributed by atoms with Gasteiger partial charge in [-0.15, -0.1) is 0 Å². The number of carbonyl (C=O) groups is 1. The number of hydrogen-bond acceptors (Lipinski definition) is 5. The summed E-state index contributed by atoms with van der Waals surface area (Å²) in [6, 6.07) is 3.29. The average Bonchev–Trinajstić information content (AvgIpc) is 2.49. The molecule has 0 aliphatic carbocycles. The zero-order valence-corrected chi connectivity index (χ0v) is 13.0. The maximum Gasteiger partial charge on any atom is 0.298 e. The molecule has 1 rings (SSSR count). The zero-order chi connectivity index (χ0) is 15.5. The molecule has 0 atom stereocenters. The Morgan fingerprint density at radius 2 is 1.33 bits per heavy atom. The van der Waals surface area contributed by atoms with Crippen LogP contribution in [-0.4, -0.2) is 26.3 Å². The van der Waals surface area contributed by atoms with Gasteiger partial charge in [0, 0.05) is 12.1 Å². The Balaban J connectivity index is 3.11. The molecule has 0 unspecified atom stereocenters. The maximum absolute atomic E-state index is 10.5. The van der Waals surface area contributed by atoms with Crippen LogP contribution in [-0.2, 0) is 4.79 Å². The third-order valence-electron chi connectivity index (χ3n) is 2.55. The molecule has 0 aliphatic rings. The van der Waals surface area contributed by atoms with Crippen molar-refractivity contribution in [2.45, 2.75) is 40.0 Å². The summed E-state index contributed by atoms with van der Waals surface area (Å²) in [6.45, 7) is 8.14. The van der Waals surface area contributed by atoms with E-state index >= 15 is 0 Å². The van der Waals surface area contributed by atoms with Crippen LogP contribution in [0.1, 0.15) is 40.0 Å². The van der Waals surface area contributed by atoms with Crippen LogP contribution >= 0.6 is 0 Å². The summed E-state index contributed by atoms with van der Waals surface area (Å²) in [4.78, 5) is 10.5. The van der Waals surface area contributed by atoms with E-state index in [2.05, 4.69) is 0 Å². The highest BCUT2D eigenvalue weighted by atomic mass is 16.5. The molecule has 0 heterocycles. The van der Waals surface area contributed by atoms with Crippen LogP contribution in [0.3, 0.4) is 0 Å². The second kappa shape index (κ2) is 9.91. The number of rotatable bonds is 11. The first-order valence-electron chi connectivity index (χ1n) is 7.43. The van der Waals surface area contributed by atoms with Gasteiger partial charge in [0.05, 0.1) is 19.8 Å². The predicted molar refractivity (Wildman–Crippen MR) is 80.5 cm³/mol. The Kier molecular flexibility index (Phi) is 8.09. The van der Waals surface area contributed by atoms with Gasteiger partial charge in [0.25, 0.3) is 6.47 Å². The van der Waals surface area contributed by atoms with Crippen molar-refractivity contribution in [1.29, 1.82) is 0 Å². The van der Waals surface area contributed by atoms with Crippen molar-refractivity contribution in [3.8, 4) is 23.0 Å². The SMILES string of the molecule is CCCOc1cc(OC=O)cc(OCCC)c1OCCC. The highest BCUT2D eigenvalue weighted by molar-refractivity contribution is 5.58. The molecule has 1 aromatic carbocycles. The lowest BCUT2D eigenvalue weighted by Crippen LogP contribution is -2.05. The van der Waals surface area contributed by atoms with Crippen LogP contribution < -0.4 is 18.9 Å². The van der Waals surface area contributed by atoms with Crippen molar-refractivity contribution >= 4 is 6.47 Å². The van der Waals surface area contributed by atoms with Gasteiger partial charge in [0.1, 0.15) is 5.75 Å². The van der Waals surface area contributed by atoms with E-state index < -0.39 is 0 Å². The third-order valence-corrected chi connectivity index (χ3v) is 2.55. The monoisotopic (exact) mass is 296 g/mol. The minimum absolute atomic E-state index is 0.381. The number of benzene rings is 1. The van der Waals surface area contributed by atoms with E-state index in [0.717, 1.165) is 19.3 Å². The Morgan fingerprint density at radius 3 is 1.76 bits per heavy atom. The molecule has 0 saturated heterocycles. The van der Waals surface area contributed by atoms with Gasteiger partial charge in [-0.25, -0.2) is 0 Å². The molecule has 0 spiro atoms. The molecule has 0 amide bonds. The van der Waals surface area contributed by atoms with Crippen molar-refractivity contribution in [3.63, 3.8) is 0 Å². The summed E-state index contributed by atoms with van der Waals surface area (Å²) in [7, 11) is 0. The van der Waals surface area contributed by atoms with Gasteiger partial charge in [-0.05, 0) is 19.3 Å². The normalized spacial score (nSPS) is 10.0. The molecule has 0 radical (unpaired) electrons. The molecule has 0 aliphatic heterocycles. The van der Waals surface area contributed by atoms with Gasteiger partial charge in [0.15, 0.2) is 11.5 Å². The molecule has 0 bridgehead atoms. The number of carbonyl (C=O) groups excluding carboxylic acids is 1. The van der Waals surface area contributed by atoms with Gasteiger partial charge in [-0.2, -0.15) is 0 Å². The molecule has 5 heteroatoms. The van der Waals surface area contributed by atoms with Crippen molar-refractivity contribution in [2.75, 3.05) is 19.8 Å². The summed E-state index contributed by atoms with van der Waals surface area (Å²) in [6.07, 6.45) is 2.63. The van der Waals surface area contributed by atoms with E-state index in [-0.39, 0.29) is 0 Å². The summed E-state index contributed by atoms with van der Waals surface area (Å²) in [5.74, 6) is 2.02. The Bertz CT molecular complexity index is 402. The van der Waals surface area contributed by atoms with Gasteiger partial charge >= 0.3 is 0 Å². The van der Waals surface area contributed by atoms with Crippen molar-refractivity contribution < 1.29 is 23.7 Å². The number of hydrogen-bond donors (Lipinski definition) is 0. The van der Waals surface area contributed by atoms with Crippen LogP contribution in [0.2, 0.25) is 0 Å². The minimum Gasteiger partial charge on any atom is -0.489 e. The first-order chi connectivity index (χ1) is 10.3. The van der Waals surface area contributed by atoms with Gasteiger partial charge in [-0.1, -0.05) is 20.8 Å². The van der Waals surface area contributed by atoms with Crippen molar-refractivity contribution in [1.82, 2.24) is 0 Å². The van der Waals surface area contributed by atoms with Crippen LogP contribution in [0.15, 0.2) is 12.1 Å². The lowest BCUT2D eigenvalue weighted by molar-refractivity contribution is -0.120. The molecule has 118 valence electrons. The van der Waals surface area contributed by atoms with Crippen molar-refractivity contribution in [2.24, 2.45) is 0 Å². The fourth-order valence-electron chi connectivity index (χ4n) is 1.66. The largest absolute Gasteiger partial charge is 0.489 e. The molecule has 1 aromatic rings. The second-order valence-electron chi connectivity index (χ2n) is 4.51. The van der Waals surface area contributed by atoms with Gasteiger partial charge < -0.3 is 18.9 Å². The smallest absolute Gasteiger partial charge is 0.298 e. The molecule has 0 fully saturated rings. The van der Waals surface area contributed by atoms with E-state index in [0.29, 0.717) is 49.3 Å². The quantitative estimate of drug-likeness (QED) is 0.584. The van der Waals surface area contributed by atoms with Gasteiger partial charge in [0.2, 0.25) is 5.75 Å². The molecular weight excluding hydrogens is 272 g/mol. The molecule has 0 N–H and O–H groups in total. The molecule has 0 saturated carbocycles. The highest BCUT2D eigenvalue weighted by Gasteiger charge is 2.16. The molecule has 5 nitrogen and oxygen atoms in total. The highest BCUT2D eigenvalue weighted by Crippen LogP contribution is 2.41. The Hall–Kier alpha value is -1.91. The first-order valence-corrected chi connectivity index (χ1v) is 7.43. The average molecular weight is 296 g/mol. The van der Waals surface area contributed by atoms with E-state index in [9.17, 15) is 4.79 Å². The van der Waals surface area contributed by atoms with Crippen LogP contribution in [0.25, 0.3) is 0 Å². The molecule has 0 aromatic heterocycles. The maximum atomic E-state index is 10.5. The van der Waals surface area contributed by atoms with E-state index in [1.807, 2.05) is 20.8 Å². The van der Waals surface area contributed by atoms with E-state index in [4.69, 9.17) is 18.9 Å². The summed E-state index contributed by atoms with van der Waals surface area (Å²) < 4.78 is 22.0. The molecular formula is C16H24O5. The van der Waals surface area contributed by atoms with E-state index in [1.165, 1.54) is 0 Å². The fourth-order valence-corrected chi connectivity index (χ4v) is 1.66. The predicted octanol–water partition coefficient (Wildman–Crippen LogP) is 3.59. The minimum atomic E-state index is 0.381. The standard InChI is InChI=1S/C16H24O5/c1-4-7-18-14-10-13(21-12-17)11-15(19-8-5-2)16(14)20-9-6-3/h10-12H,4-9H2,1-3H3. The van der Waals surface area contributed by atoms with Crippen LogP contribution in [0.4, 0.5) is 0 Å². The van der Waals surface area contributed by atoms with Gasteiger partial charge in [-0.3, -0.25) is 4.79 Å².